The van der Waals surface area contributed by atoms with Gasteiger partial charge in [0.2, 0.25) is 5.91 Å². The molecule has 1 aromatic carbocycles. The highest BCUT2D eigenvalue weighted by molar-refractivity contribution is 9.10. The summed E-state index contributed by atoms with van der Waals surface area (Å²) in [5.41, 5.74) is 0.689. The number of hydrogen-bond donors (Lipinski definition) is 0. The zero-order chi connectivity index (χ0) is 17.4. The van der Waals surface area contributed by atoms with E-state index < -0.39 is 0 Å². The van der Waals surface area contributed by atoms with Crippen molar-refractivity contribution >= 4 is 39.1 Å². The summed E-state index contributed by atoms with van der Waals surface area (Å²) >= 11 is 5.14. The first-order valence-corrected chi connectivity index (χ1v) is 10.2. The molecule has 2 unspecified atom stereocenters. The lowest BCUT2D eigenvalue weighted by Gasteiger charge is -2.35. The summed E-state index contributed by atoms with van der Waals surface area (Å²) in [6.07, 6.45) is 0.969. The second-order valence-corrected chi connectivity index (χ2v) is 8.49. The van der Waals surface area contributed by atoms with Gasteiger partial charge < -0.3 is 9.80 Å². The van der Waals surface area contributed by atoms with E-state index in [2.05, 4.69) is 27.4 Å². The van der Waals surface area contributed by atoms with Crippen LogP contribution in [0.1, 0.15) is 27.6 Å². The molecule has 1 aliphatic carbocycles. The molecule has 25 heavy (non-hydrogen) atoms. The zero-order valence-corrected chi connectivity index (χ0v) is 16.1. The van der Waals surface area contributed by atoms with Crippen LogP contribution in [-0.2, 0) is 4.79 Å². The third kappa shape index (κ3) is 3.51. The van der Waals surface area contributed by atoms with Gasteiger partial charge in [-0.1, -0.05) is 28.1 Å². The van der Waals surface area contributed by atoms with Crippen molar-refractivity contribution in [3.8, 4) is 0 Å². The molecule has 1 aliphatic heterocycles. The first-order chi connectivity index (χ1) is 12.1. The summed E-state index contributed by atoms with van der Waals surface area (Å²) in [6.45, 7) is 2.47. The molecule has 2 aliphatic rings. The number of benzene rings is 1. The molecule has 0 bridgehead atoms. The first-order valence-electron chi connectivity index (χ1n) is 8.50. The smallest absolute Gasteiger partial charge is 0.254 e. The summed E-state index contributed by atoms with van der Waals surface area (Å²) < 4.78 is 0.903. The molecule has 4 rings (SSSR count). The van der Waals surface area contributed by atoms with Gasteiger partial charge in [0, 0.05) is 52.9 Å². The number of carbonyl (C=O) groups excluding carboxylic acids is 2. The molecular formula is C19H19BrN2O2S. The summed E-state index contributed by atoms with van der Waals surface area (Å²) in [6, 6.07) is 11.6. The van der Waals surface area contributed by atoms with Crippen molar-refractivity contribution in [1.29, 1.82) is 0 Å². The zero-order valence-electron chi connectivity index (χ0n) is 13.7. The molecule has 1 aromatic heterocycles. The maximum atomic E-state index is 12.7. The van der Waals surface area contributed by atoms with Gasteiger partial charge in [0.05, 0.1) is 0 Å². The van der Waals surface area contributed by atoms with Crippen LogP contribution in [0.15, 0.2) is 46.3 Å². The Bertz CT molecular complexity index is 784. The predicted octanol–water partition coefficient (Wildman–Crippen LogP) is 3.60. The molecule has 1 saturated carbocycles. The predicted molar refractivity (Wildman–Crippen MR) is 102 cm³/mol. The summed E-state index contributed by atoms with van der Waals surface area (Å²) in [4.78, 5) is 30.4. The van der Waals surface area contributed by atoms with Gasteiger partial charge in [0.25, 0.3) is 5.91 Å². The van der Waals surface area contributed by atoms with Gasteiger partial charge in [0.15, 0.2) is 0 Å². The average molecular weight is 419 g/mol. The fourth-order valence-corrected chi connectivity index (χ4v) is 4.76. The summed E-state index contributed by atoms with van der Waals surface area (Å²) in [5, 5.41) is 2.07. The Kier molecular flexibility index (Phi) is 4.65. The van der Waals surface area contributed by atoms with Gasteiger partial charge in [-0.25, -0.2) is 0 Å². The Labute approximate surface area is 159 Å². The van der Waals surface area contributed by atoms with E-state index in [0.29, 0.717) is 37.7 Å². The van der Waals surface area contributed by atoms with Crippen LogP contribution >= 0.6 is 27.3 Å². The standard InChI is InChI=1S/C19H19BrN2O2S/c20-14-4-1-3-13(11-14)18(23)21-6-8-22(9-7-21)19(24)16-12-15(16)17-5-2-10-25-17/h1-5,10-11,15-16H,6-9,12H2. The van der Waals surface area contributed by atoms with E-state index in [-0.39, 0.29) is 17.7 Å². The number of hydrogen-bond acceptors (Lipinski definition) is 3. The largest absolute Gasteiger partial charge is 0.339 e. The Morgan fingerprint density at radius 1 is 1.04 bits per heavy atom. The number of amides is 2. The lowest BCUT2D eigenvalue weighted by atomic mass is 10.1. The highest BCUT2D eigenvalue weighted by Crippen LogP contribution is 2.50. The second-order valence-electron chi connectivity index (χ2n) is 6.59. The van der Waals surface area contributed by atoms with Crippen molar-refractivity contribution < 1.29 is 9.59 Å². The van der Waals surface area contributed by atoms with Gasteiger partial charge in [-0.15, -0.1) is 11.3 Å². The lowest BCUT2D eigenvalue weighted by molar-refractivity contribution is -0.134. The maximum Gasteiger partial charge on any atom is 0.254 e. The van der Waals surface area contributed by atoms with Gasteiger partial charge in [0.1, 0.15) is 0 Å². The first kappa shape index (κ1) is 16.8. The van der Waals surface area contributed by atoms with Crippen molar-refractivity contribution in [3.05, 3.63) is 56.7 Å². The van der Waals surface area contributed by atoms with Crippen molar-refractivity contribution in [3.63, 3.8) is 0 Å². The number of thiophene rings is 1. The highest BCUT2D eigenvalue weighted by Gasteiger charge is 2.46. The monoisotopic (exact) mass is 418 g/mol. The molecule has 0 radical (unpaired) electrons. The van der Waals surface area contributed by atoms with Crippen molar-refractivity contribution in [2.75, 3.05) is 26.2 Å². The molecule has 2 amide bonds. The van der Waals surface area contributed by atoms with E-state index in [4.69, 9.17) is 0 Å². The Hall–Kier alpha value is -1.66. The fraction of sp³-hybridized carbons (Fsp3) is 0.368. The molecule has 6 heteroatoms. The molecule has 130 valence electrons. The lowest BCUT2D eigenvalue weighted by Crippen LogP contribution is -2.51. The van der Waals surface area contributed by atoms with Gasteiger partial charge in [-0.05, 0) is 36.1 Å². The number of halogens is 1. The Morgan fingerprint density at radius 2 is 1.80 bits per heavy atom. The van der Waals surface area contributed by atoms with Crippen molar-refractivity contribution in [2.24, 2.45) is 5.92 Å². The third-order valence-electron chi connectivity index (χ3n) is 4.97. The van der Waals surface area contributed by atoms with Crippen LogP contribution in [0.3, 0.4) is 0 Å². The molecule has 2 atom stereocenters. The van der Waals surface area contributed by atoms with Gasteiger partial charge >= 0.3 is 0 Å². The van der Waals surface area contributed by atoms with Gasteiger partial charge in [-0.2, -0.15) is 0 Å². The van der Waals surface area contributed by atoms with E-state index in [9.17, 15) is 9.59 Å². The molecule has 2 aromatic rings. The van der Waals surface area contributed by atoms with Crippen LogP contribution in [-0.4, -0.2) is 47.8 Å². The molecular weight excluding hydrogens is 400 g/mol. The minimum absolute atomic E-state index is 0.0382. The van der Waals surface area contributed by atoms with Crippen LogP contribution < -0.4 is 0 Å². The minimum atomic E-state index is 0.0382. The van der Waals surface area contributed by atoms with Crippen LogP contribution in [0.2, 0.25) is 0 Å². The molecule has 1 saturated heterocycles. The molecule has 2 fully saturated rings. The van der Waals surface area contributed by atoms with E-state index in [0.717, 1.165) is 10.9 Å². The van der Waals surface area contributed by atoms with E-state index in [1.54, 1.807) is 11.3 Å². The SMILES string of the molecule is O=C(c1cccc(Br)c1)N1CCN(C(=O)C2CC2c2cccs2)CC1. The van der Waals surface area contributed by atoms with Gasteiger partial charge in [-0.3, -0.25) is 9.59 Å². The average Bonchev–Trinajstić information content (AvgIpc) is 3.25. The van der Waals surface area contributed by atoms with Crippen LogP contribution in [0.4, 0.5) is 0 Å². The van der Waals surface area contributed by atoms with Crippen molar-refractivity contribution in [1.82, 2.24) is 9.80 Å². The normalized spacial score (nSPS) is 22.8. The number of nitrogens with zero attached hydrogens (tertiary/aromatic N) is 2. The van der Waals surface area contributed by atoms with Crippen LogP contribution in [0.25, 0.3) is 0 Å². The second kappa shape index (κ2) is 6.92. The molecule has 4 nitrogen and oxygen atoms in total. The number of carbonyl (C=O) groups is 2. The Balaban J connectivity index is 1.33. The van der Waals surface area contributed by atoms with E-state index in [1.807, 2.05) is 40.1 Å². The van der Waals surface area contributed by atoms with Crippen LogP contribution in [0, 0.1) is 5.92 Å². The highest BCUT2D eigenvalue weighted by atomic mass is 79.9. The maximum absolute atomic E-state index is 12.7. The third-order valence-corrected chi connectivity index (χ3v) is 6.46. The van der Waals surface area contributed by atoms with Crippen LogP contribution in [0.5, 0.6) is 0 Å². The van der Waals surface area contributed by atoms with E-state index >= 15 is 0 Å². The number of rotatable bonds is 3. The fourth-order valence-electron chi connectivity index (χ4n) is 3.45. The summed E-state index contributed by atoms with van der Waals surface area (Å²) in [7, 11) is 0. The van der Waals surface area contributed by atoms with Crippen molar-refractivity contribution in [2.45, 2.75) is 12.3 Å². The topological polar surface area (TPSA) is 40.6 Å². The molecule has 0 N–H and O–H groups in total. The molecule has 0 spiro atoms. The summed E-state index contributed by atoms with van der Waals surface area (Å²) in [5.74, 6) is 0.851. The Morgan fingerprint density at radius 3 is 2.48 bits per heavy atom. The molecule has 2 heterocycles. The quantitative estimate of drug-likeness (QED) is 0.763. The van der Waals surface area contributed by atoms with E-state index in [1.165, 1.54) is 4.88 Å². The minimum Gasteiger partial charge on any atom is -0.339 e. The number of piperazine rings is 1.